The van der Waals surface area contributed by atoms with Gasteiger partial charge in [0.05, 0.1) is 37.8 Å². The number of nitro benzene ring substituents is 1. The molecule has 1 aliphatic rings. The van der Waals surface area contributed by atoms with E-state index in [-0.39, 0.29) is 18.0 Å². The maximum Gasteiger partial charge on any atom is 0.269 e. The Bertz CT molecular complexity index is 1620. The van der Waals surface area contributed by atoms with E-state index in [1.165, 1.54) is 12.1 Å². The van der Waals surface area contributed by atoms with Gasteiger partial charge in [0.25, 0.3) is 5.69 Å². The summed E-state index contributed by atoms with van der Waals surface area (Å²) in [5.74, 6) is 1.28. The van der Waals surface area contributed by atoms with Gasteiger partial charge in [-0.25, -0.2) is 0 Å². The topological polar surface area (TPSA) is 186 Å². The summed E-state index contributed by atoms with van der Waals surface area (Å²) < 4.78 is 10.7. The molecule has 5 N–H and O–H groups in total. The van der Waals surface area contributed by atoms with Crippen LogP contribution in [0.1, 0.15) is 11.1 Å². The summed E-state index contributed by atoms with van der Waals surface area (Å²) in [5.41, 5.74) is 9.11. The normalized spacial score (nSPS) is 12.8. The molecular formula is C34H42N10O5. The minimum absolute atomic E-state index is 0.0710. The van der Waals surface area contributed by atoms with Crippen molar-refractivity contribution in [1.82, 2.24) is 20.3 Å². The molecular weight excluding hydrogens is 628 g/mol. The number of aromatic nitrogens is 3. The predicted molar refractivity (Wildman–Crippen MR) is 188 cm³/mol. The van der Waals surface area contributed by atoms with Crippen molar-refractivity contribution >= 4 is 40.8 Å². The van der Waals surface area contributed by atoms with Crippen LogP contribution in [-0.2, 0) is 27.2 Å². The number of benzene rings is 3. The summed E-state index contributed by atoms with van der Waals surface area (Å²) in [5, 5.41) is 20.5. The first-order valence-corrected chi connectivity index (χ1v) is 16.2. The van der Waals surface area contributed by atoms with Crippen LogP contribution >= 0.6 is 0 Å². The third-order valence-electron chi connectivity index (χ3n) is 7.68. The van der Waals surface area contributed by atoms with Gasteiger partial charge < -0.3 is 41.0 Å². The molecule has 1 saturated heterocycles. The molecule has 2 heterocycles. The maximum absolute atomic E-state index is 12.4. The highest BCUT2D eigenvalue weighted by Gasteiger charge is 2.21. The molecule has 1 fully saturated rings. The Kier molecular flexibility index (Phi) is 13.0. The lowest BCUT2D eigenvalue weighted by molar-refractivity contribution is -0.384. The quantitative estimate of drug-likeness (QED) is 0.0688. The second-order valence-electron chi connectivity index (χ2n) is 11.2. The monoisotopic (exact) mass is 670 g/mol. The molecule has 0 aliphatic carbocycles. The molecule has 49 heavy (non-hydrogen) atoms. The van der Waals surface area contributed by atoms with E-state index in [2.05, 4.69) is 30.7 Å². The Morgan fingerprint density at radius 1 is 0.796 bits per heavy atom. The number of amides is 1. The molecule has 4 aromatic rings. The minimum atomic E-state index is -0.394. The first kappa shape index (κ1) is 34.9. The van der Waals surface area contributed by atoms with Crippen molar-refractivity contribution in [3.63, 3.8) is 0 Å². The first-order valence-electron chi connectivity index (χ1n) is 16.2. The van der Waals surface area contributed by atoms with Crippen LogP contribution < -0.4 is 31.5 Å². The van der Waals surface area contributed by atoms with Gasteiger partial charge in [-0.05, 0) is 35.4 Å². The fourth-order valence-electron chi connectivity index (χ4n) is 5.12. The lowest BCUT2D eigenvalue weighted by atomic mass is 10.1. The third-order valence-corrected chi connectivity index (χ3v) is 7.68. The van der Waals surface area contributed by atoms with Gasteiger partial charge in [0.1, 0.15) is 0 Å². The average molecular weight is 671 g/mol. The number of non-ortho nitro benzene ring substituents is 1. The number of hydrogen-bond acceptors (Lipinski definition) is 13. The van der Waals surface area contributed by atoms with Crippen LogP contribution in [-0.4, -0.2) is 91.5 Å². The highest BCUT2D eigenvalue weighted by atomic mass is 16.6. The number of nitrogens with two attached hydrogens (primary N) is 1. The highest BCUT2D eigenvalue weighted by Crippen LogP contribution is 2.24. The summed E-state index contributed by atoms with van der Waals surface area (Å²) in [6, 6.07) is 24.2. The lowest BCUT2D eigenvalue weighted by Gasteiger charge is -2.36. The summed E-state index contributed by atoms with van der Waals surface area (Å²) in [6.07, 6.45) is 0.245. The number of hydrogen-bond donors (Lipinski definition) is 4. The van der Waals surface area contributed by atoms with Gasteiger partial charge >= 0.3 is 0 Å². The zero-order valence-corrected chi connectivity index (χ0v) is 27.3. The number of nitrogens with zero attached hydrogens (tertiary/aromatic N) is 6. The molecule has 1 aromatic heterocycles. The molecule has 0 unspecified atom stereocenters. The standard InChI is InChI=1S/C34H42N10O5/c35-14-20-48-22-23-49-21-15-36-31(45)24-26-6-8-28(9-7-26)38-33-39-32(37-25-27-4-2-1-3-5-27)40-34(41-33)43-18-16-42(17-19-43)29-10-12-30(13-11-29)44(46)47/h1-13H,14-25,35H2,(H,36,45)(H2,37,38,39,40,41). The van der Waals surface area contributed by atoms with Crippen LogP contribution in [0.3, 0.4) is 0 Å². The van der Waals surface area contributed by atoms with Gasteiger partial charge in [-0.1, -0.05) is 42.5 Å². The summed E-state index contributed by atoms with van der Waals surface area (Å²) in [7, 11) is 0. The maximum atomic E-state index is 12.4. The number of nitro groups is 1. The second-order valence-corrected chi connectivity index (χ2v) is 11.2. The van der Waals surface area contributed by atoms with Crippen LogP contribution in [0.25, 0.3) is 0 Å². The van der Waals surface area contributed by atoms with Crippen LogP contribution in [0.4, 0.5) is 34.9 Å². The molecule has 1 aliphatic heterocycles. The van der Waals surface area contributed by atoms with Crippen LogP contribution in [0.5, 0.6) is 0 Å². The van der Waals surface area contributed by atoms with Crippen molar-refractivity contribution in [2.45, 2.75) is 13.0 Å². The molecule has 0 radical (unpaired) electrons. The van der Waals surface area contributed by atoms with E-state index in [0.29, 0.717) is 90.1 Å². The lowest BCUT2D eigenvalue weighted by Crippen LogP contribution is -2.47. The summed E-state index contributed by atoms with van der Waals surface area (Å²) >= 11 is 0. The Morgan fingerprint density at radius 3 is 2.16 bits per heavy atom. The second kappa shape index (κ2) is 18.2. The van der Waals surface area contributed by atoms with Crippen molar-refractivity contribution in [2.24, 2.45) is 5.73 Å². The predicted octanol–water partition coefficient (Wildman–Crippen LogP) is 3.11. The van der Waals surface area contributed by atoms with Crippen LogP contribution in [0.2, 0.25) is 0 Å². The molecule has 3 aromatic carbocycles. The summed E-state index contributed by atoms with van der Waals surface area (Å²) in [6.45, 7) is 6.01. The number of carbonyl (C=O) groups excluding carboxylic acids is 1. The molecule has 0 atom stereocenters. The van der Waals surface area contributed by atoms with E-state index in [0.717, 1.165) is 22.5 Å². The molecule has 1 amide bonds. The van der Waals surface area contributed by atoms with Gasteiger partial charge in [0, 0.05) is 69.3 Å². The SMILES string of the molecule is NCCOCCOCCNC(=O)Cc1ccc(Nc2nc(NCc3ccccc3)nc(N3CCN(c4ccc([N+](=O)[O-])cc4)CC3)n2)cc1. The Balaban J connectivity index is 1.18. The fourth-order valence-corrected chi connectivity index (χ4v) is 5.12. The van der Waals surface area contributed by atoms with E-state index in [1.54, 1.807) is 12.1 Å². The van der Waals surface area contributed by atoms with E-state index in [4.69, 9.17) is 25.2 Å². The van der Waals surface area contributed by atoms with Crippen molar-refractivity contribution in [2.75, 3.05) is 86.1 Å². The van der Waals surface area contributed by atoms with Crippen molar-refractivity contribution in [1.29, 1.82) is 0 Å². The number of carbonyl (C=O) groups is 1. The number of piperazine rings is 1. The zero-order valence-electron chi connectivity index (χ0n) is 27.3. The van der Waals surface area contributed by atoms with Crippen molar-refractivity contribution in [3.05, 3.63) is 100 Å². The van der Waals surface area contributed by atoms with Crippen LogP contribution in [0.15, 0.2) is 78.9 Å². The Morgan fingerprint density at radius 2 is 1.47 bits per heavy atom. The van der Waals surface area contributed by atoms with E-state index in [1.807, 2.05) is 54.6 Å². The number of ether oxygens (including phenoxy) is 2. The zero-order chi connectivity index (χ0) is 34.3. The van der Waals surface area contributed by atoms with E-state index >= 15 is 0 Å². The Hall–Kier alpha value is -5.38. The highest BCUT2D eigenvalue weighted by molar-refractivity contribution is 5.78. The molecule has 0 bridgehead atoms. The fraction of sp³-hybridized carbons (Fsp3) is 0.353. The number of nitrogens with one attached hydrogen (secondary N) is 3. The van der Waals surface area contributed by atoms with Gasteiger partial charge in [-0.15, -0.1) is 0 Å². The van der Waals surface area contributed by atoms with Gasteiger partial charge in [0.15, 0.2) is 0 Å². The van der Waals surface area contributed by atoms with Crippen molar-refractivity contribution in [3.8, 4) is 0 Å². The average Bonchev–Trinajstić information content (AvgIpc) is 3.13. The van der Waals surface area contributed by atoms with Gasteiger partial charge in [-0.3, -0.25) is 14.9 Å². The smallest absolute Gasteiger partial charge is 0.269 e. The van der Waals surface area contributed by atoms with Crippen molar-refractivity contribution < 1.29 is 19.2 Å². The summed E-state index contributed by atoms with van der Waals surface area (Å²) in [4.78, 5) is 41.5. The minimum Gasteiger partial charge on any atom is -0.378 e. The first-order chi connectivity index (χ1) is 24.0. The molecule has 0 saturated carbocycles. The van der Waals surface area contributed by atoms with Crippen LogP contribution in [0, 0.1) is 10.1 Å². The van der Waals surface area contributed by atoms with Gasteiger partial charge in [0.2, 0.25) is 23.8 Å². The Labute approximate surface area is 285 Å². The van der Waals surface area contributed by atoms with Gasteiger partial charge in [-0.2, -0.15) is 15.0 Å². The molecule has 258 valence electrons. The number of anilines is 5. The van der Waals surface area contributed by atoms with E-state index in [9.17, 15) is 14.9 Å². The molecule has 15 nitrogen and oxygen atoms in total. The van der Waals surface area contributed by atoms with E-state index < -0.39 is 4.92 Å². The molecule has 5 rings (SSSR count). The molecule has 0 spiro atoms. The molecule has 15 heteroatoms. The third kappa shape index (κ3) is 11.1. The largest absolute Gasteiger partial charge is 0.378 e. The number of rotatable bonds is 18.